The standard InChI is InChI=1S/C12H15N3O/c16-12-9-6-11(8-2-1-4-13-7-8)15-10(9)3-5-14-12/h3,5-6,8,13,15H,1-2,4,7H2,(H,14,16). The summed E-state index contributed by atoms with van der Waals surface area (Å²) < 4.78 is 0. The molecule has 1 unspecified atom stereocenters. The van der Waals surface area contributed by atoms with Crippen molar-refractivity contribution in [2.24, 2.45) is 0 Å². The molecule has 0 saturated carbocycles. The van der Waals surface area contributed by atoms with Gasteiger partial charge in [-0.05, 0) is 31.5 Å². The molecule has 4 nitrogen and oxygen atoms in total. The van der Waals surface area contributed by atoms with Gasteiger partial charge in [-0.1, -0.05) is 0 Å². The third-order valence-corrected chi connectivity index (χ3v) is 3.31. The molecule has 0 amide bonds. The molecule has 0 bridgehead atoms. The molecule has 4 heteroatoms. The largest absolute Gasteiger partial charge is 0.358 e. The molecule has 3 heterocycles. The number of aromatic nitrogens is 2. The van der Waals surface area contributed by atoms with Gasteiger partial charge in [-0.2, -0.15) is 0 Å². The molecule has 3 rings (SSSR count). The van der Waals surface area contributed by atoms with Gasteiger partial charge in [0.2, 0.25) is 0 Å². The first-order valence-corrected chi connectivity index (χ1v) is 5.75. The van der Waals surface area contributed by atoms with Crippen LogP contribution in [0.3, 0.4) is 0 Å². The Kier molecular flexibility index (Phi) is 2.29. The Bertz CT molecular complexity index is 549. The third-order valence-electron chi connectivity index (χ3n) is 3.31. The van der Waals surface area contributed by atoms with E-state index in [2.05, 4.69) is 15.3 Å². The first-order chi connectivity index (χ1) is 7.84. The second-order valence-corrected chi connectivity index (χ2v) is 4.40. The zero-order chi connectivity index (χ0) is 11.0. The van der Waals surface area contributed by atoms with Crippen LogP contribution in [0.15, 0.2) is 23.1 Å². The topological polar surface area (TPSA) is 60.7 Å². The van der Waals surface area contributed by atoms with E-state index in [1.807, 2.05) is 12.1 Å². The van der Waals surface area contributed by atoms with Crippen molar-refractivity contribution in [1.82, 2.24) is 15.3 Å². The molecular formula is C12H15N3O. The van der Waals surface area contributed by atoms with E-state index in [9.17, 15) is 4.79 Å². The average Bonchev–Trinajstić information content (AvgIpc) is 2.76. The molecule has 1 fully saturated rings. The van der Waals surface area contributed by atoms with Gasteiger partial charge in [0.25, 0.3) is 5.56 Å². The molecule has 1 saturated heterocycles. The second kappa shape index (κ2) is 3.79. The van der Waals surface area contributed by atoms with Crippen LogP contribution in [0.1, 0.15) is 24.5 Å². The van der Waals surface area contributed by atoms with E-state index in [0.717, 1.165) is 24.0 Å². The quantitative estimate of drug-likeness (QED) is 0.674. The van der Waals surface area contributed by atoms with E-state index < -0.39 is 0 Å². The minimum atomic E-state index is -0.0104. The van der Waals surface area contributed by atoms with Gasteiger partial charge in [-0.15, -0.1) is 0 Å². The lowest BCUT2D eigenvalue weighted by atomic mass is 9.96. The maximum absolute atomic E-state index is 11.6. The van der Waals surface area contributed by atoms with Gasteiger partial charge >= 0.3 is 0 Å². The van der Waals surface area contributed by atoms with E-state index in [0.29, 0.717) is 5.92 Å². The smallest absolute Gasteiger partial charge is 0.257 e. The van der Waals surface area contributed by atoms with Gasteiger partial charge in [-0.25, -0.2) is 0 Å². The number of aromatic amines is 2. The van der Waals surface area contributed by atoms with E-state index >= 15 is 0 Å². The summed E-state index contributed by atoms with van der Waals surface area (Å²) in [5, 5.41) is 4.15. The van der Waals surface area contributed by atoms with Crippen molar-refractivity contribution in [1.29, 1.82) is 0 Å². The third kappa shape index (κ3) is 1.55. The fourth-order valence-corrected chi connectivity index (χ4v) is 2.43. The highest BCUT2D eigenvalue weighted by Crippen LogP contribution is 2.24. The van der Waals surface area contributed by atoms with Gasteiger partial charge in [-0.3, -0.25) is 4.79 Å². The molecule has 1 aliphatic rings. The predicted octanol–water partition coefficient (Wildman–Crippen LogP) is 1.32. The van der Waals surface area contributed by atoms with Gasteiger partial charge in [0, 0.05) is 24.4 Å². The second-order valence-electron chi connectivity index (χ2n) is 4.40. The maximum atomic E-state index is 11.6. The Morgan fingerprint density at radius 2 is 2.31 bits per heavy atom. The van der Waals surface area contributed by atoms with Gasteiger partial charge in [0.15, 0.2) is 0 Å². The van der Waals surface area contributed by atoms with Crippen LogP contribution >= 0.6 is 0 Å². The molecule has 2 aromatic rings. The van der Waals surface area contributed by atoms with Crippen molar-refractivity contribution in [2.75, 3.05) is 13.1 Å². The zero-order valence-corrected chi connectivity index (χ0v) is 9.05. The van der Waals surface area contributed by atoms with Crippen molar-refractivity contribution in [2.45, 2.75) is 18.8 Å². The molecule has 0 aromatic carbocycles. The molecule has 2 aromatic heterocycles. The summed E-state index contributed by atoms with van der Waals surface area (Å²) >= 11 is 0. The molecule has 0 aliphatic carbocycles. The van der Waals surface area contributed by atoms with Crippen molar-refractivity contribution < 1.29 is 0 Å². The lowest BCUT2D eigenvalue weighted by Crippen LogP contribution is -2.28. The number of hydrogen-bond acceptors (Lipinski definition) is 2. The number of nitrogens with one attached hydrogen (secondary N) is 3. The van der Waals surface area contributed by atoms with E-state index in [4.69, 9.17) is 0 Å². The summed E-state index contributed by atoms with van der Waals surface area (Å²) in [6.45, 7) is 2.11. The Hall–Kier alpha value is -1.55. The van der Waals surface area contributed by atoms with Crippen LogP contribution < -0.4 is 10.9 Å². The molecular weight excluding hydrogens is 202 g/mol. The molecule has 16 heavy (non-hydrogen) atoms. The van der Waals surface area contributed by atoms with Gasteiger partial charge < -0.3 is 15.3 Å². The van der Waals surface area contributed by atoms with Crippen molar-refractivity contribution in [3.05, 3.63) is 34.4 Å². The SMILES string of the molecule is O=c1[nH]ccc2[nH]c(C3CCCNC3)cc12. The highest BCUT2D eigenvalue weighted by atomic mass is 16.1. The normalized spacial score (nSPS) is 21.4. The molecule has 3 N–H and O–H groups in total. The lowest BCUT2D eigenvalue weighted by molar-refractivity contribution is 0.456. The summed E-state index contributed by atoms with van der Waals surface area (Å²) in [6.07, 6.45) is 4.08. The van der Waals surface area contributed by atoms with Crippen LogP contribution in [0.4, 0.5) is 0 Å². The molecule has 0 radical (unpaired) electrons. The zero-order valence-electron chi connectivity index (χ0n) is 9.05. The number of fused-ring (bicyclic) bond motifs is 1. The molecule has 0 spiro atoms. The van der Waals surface area contributed by atoms with Crippen LogP contribution in [0, 0.1) is 0 Å². The summed E-state index contributed by atoms with van der Waals surface area (Å²) in [6, 6.07) is 3.91. The van der Waals surface area contributed by atoms with E-state index in [1.165, 1.54) is 18.5 Å². The fourth-order valence-electron chi connectivity index (χ4n) is 2.43. The maximum Gasteiger partial charge on any atom is 0.257 e. The van der Waals surface area contributed by atoms with Gasteiger partial charge in [0.05, 0.1) is 10.9 Å². The van der Waals surface area contributed by atoms with Crippen molar-refractivity contribution in [3.63, 3.8) is 0 Å². The number of piperidine rings is 1. The fraction of sp³-hybridized carbons (Fsp3) is 0.417. The van der Waals surface area contributed by atoms with Crippen LogP contribution in [-0.2, 0) is 0 Å². The molecule has 84 valence electrons. The predicted molar refractivity (Wildman–Crippen MR) is 63.8 cm³/mol. The number of pyridine rings is 1. The van der Waals surface area contributed by atoms with Crippen molar-refractivity contribution >= 4 is 10.9 Å². The molecule has 1 atom stereocenters. The Labute approximate surface area is 93.1 Å². The summed E-state index contributed by atoms with van der Waals surface area (Å²) in [4.78, 5) is 17.6. The van der Waals surface area contributed by atoms with Crippen LogP contribution in [0.25, 0.3) is 10.9 Å². The monoisotopic (exact) mass is 217 g/mol. The van der Waals surface area contributed by atoms with Crippen LogP contribution in [0.2, 0.25) is 0 Å². The average molecular weight is 217 g/mol. The highest BCUT2D eigenvalue weighted by Gasteiger charge is 2.17. The van der Waals surface area contributed by atoms with Crippen LogP contribution in [-0.4, -0.2) is 23.1 Å². The Morgan fingerprint density at radius 3 is 3.06 bits per heavy atom. The summed E-state index contributed by atoms with van der Waals surface area (Å²) in [5.74, 6) is 0.514. The Balaban J connectivity index is 2.04. The van der Waals surface area contributed by atoms with Gasteiger partial charge in [0.1, 0.15) is 0 Å². The van der Waals surface area contributed by atoms with Crippen molar-refractivity contribution in [3.8, 4) is 0 Å². The Morgan fingerprint density at radius 1 is 1.38 bits per heavy atom. The lowest BCUT2D eigenvalue weighted by Gasteiger charge is -2.21. The van der Waals surface area contributed by atoms with E-state index in [-0.39, 0.29) is 5.56 Å². The highest BCUT2D eigenvalue weighted by molar-refractivity contribution is 5.79. The van der Waals surface area contributed by atoms with E-state index in [1.54, 1.807) is 6.20 Å². The first-order valence-electron chi connectivity index (χ1n) is 5.75. The minimum absolute atomic E-state index is 0.0104. The number of H-pyrrole nitrogens is 2. The number of hydrogen-bond donors (Lipinski definition) is 3. The first kappa shape index (κ1) is 9.66. The number of rotatable bonds is 1. The molecule has 1 aliphatic heterocycles. The van der Waals surface area contributed by atoms with Crippen LogP contribution in [0.5, 0.6) is 0 Å². The summed E-state index contributed by atoms with van der Waals surface area (Å²) in [5.41, 5.74) is 2.10. The summed E-state index contributed by atoms with van der Waals surface area (Å²) in [7, 11) is 0. The minimum Gasteiger partial charge on any atom is -0.358 e.